The molecule has 2 nitrogen and oxygen atoms in total. The van der Waals surface area contributed by atoms with E-state index < -0.39 is 18.1 Å². The fraction of sp³-hybridized carbons (Fsp3) is 0.148. The Balaban J connectivity index is 0.842. The summed E-state index contributed by atoms with van der Waals surface area (Å²) in [6.07, 6.45) is 16.3. The van der Waals surface area contributed by atoms with Crippen LogP contribution in [0.15, 0.2) is 204 Å². The van der Waals surface area contributed by atoms with Crippen LogP contribution in [0.2, 0.25) is 12.1 Å². The Morgan fingerprint density at radius 3 is 1.75 bits per heavy atom. The summed E-state index contributed by atoms with van der Waals surface area (Å²) in [6.45, 7) is 13.5. The van der Waals surface area contributed by atoms with E-state index in [1.165, 1.54) is 129 Å². The number of allylic oxidation sites excluding steroid dienone is 3. The molecule has 0 aromatic heterocycles. The van der Waals surface area contributed by atoms with Crippen molar-refractivity contribution in [1.82, 2.24) is 0 Å². The normalized spacial score (nSPS) is 17.8. The van der Waals surface area contributed by atoms with E-state index in [0.717, 1.165) is 0 Å². The quantitative estimate of drug-likeness (QED) is 0.0933. The van der Waals surface area contributed by atoms with Crippen molar-refractivity contribution in [3.8, 4) is 11.1 Å². The first kappa shape index (κ1) is 40.0. The van der Waals surface area contributed by atoms with Gasteiger partial charge in [-0.05, 0) is 157 Å². The molecule has 0 bridgehead atoms. The van der Waals surface area contributed by atoms with Crippen molar-refractivity contribution >= 4 is 85.4 Å². The molecule has 1 aliphatic carbocycles. The maximum atomic E-state index is 4.38. The number of benzene rings is 8. The number of hydrogen-bond acceptors (Lipinski definition) is 2. The fourth-order valence-corrected chi connectivity index (χ4v) is 20.1. The van der Waals surface area contributed by atoms with Gasteiger partial charge in [0.25, 0.3) is 0 Å². The van der Waals surface area contributed by atoms with Gasteiger partial charge in [0.15, 0.2) is 0 Å². The minimum absolute atomic E-state index is 0.150. The van der Waals surface area contributed by atoms with Gasteiger partial charge in [0, 0.05) is 38.0 Å². The number of rotatable bonds is 6. The van der Waals surface area contributed by atoms with Crippen LogP contribution in [0.1, 0.15) is 48.9 Å². The second-order valence-corrected chi connectivity index (χ2v) is 27.2. The lowest BCUT2D eigenvalue weighted by atomic mass is 9.81. The molecule has 1 fully saturated rings. The summed E-state index contributed by atoms with van der Waals surface area (Å²) in [7, 11) is -3.01. The molecule has 8 aromatic carbocycles. The Hall–Kier alpha value is -6.59. The average molecular weight is 875 g/mol. The number of anilines is 5. The molecule has 0 atom stereocenters. The Kier molecular flexibility index (Phi) is 9.05. The van der Waals surface area contributed by atoms with Gasteiger partial charge in [-0.25, -0.2) is 0 Å². The van der Waals surface area contributed by atoms with Crippen molar-refractivity contribution in [2.75, 3.05) is 22.3 Å². The van der Waals surface area contributed by atoms with Crippen LogP contribution in [0.25, 0.3) is 44.8 Å². The largest absolute Gasteiger partial charge is 0.311 e. The van der Waals surface area contributed by atoms with Crippen molar-refractivity contribution in [2.45, 2.75) is 54.0 Å². The fourth-order valence-electron chi connectivity index (χ4n) is 12.2. The van der Waals surface area contributed by atoms with Crippen LogP contribution in [0.3, 0.4) is 0 Å². The van der Waals surface area contributed by atoms with E-state index in [9.17, 15) is 0 Å². The number of fused-ring (bicyclic) bond motifs is 10. The highest BCUT2D eigenvalue weighted by molar-refractivity contribution is 8.33. The summed E-state index contributed by atoms with van der Waals surface area (Å²) in [6, 6.07) is 62.4. The highest BCUT2D eigenvalue weighted by atomic mass is 32.3. The molecule has 65 heavy (non-hydrogen) atoms. The molecule has 1 spiro atoms. The van der Waals surface area contributed by atoms with Crippen molar-refractivity contribution in [3.05, 3.63) is 216 Å². The van der Waals surface area contributed by atoms with E-state index in [1.54, 1.807) is 5.19 Å². The predicted octanol–water partition coefficient (Wildman–Crippen LogP) is 16.5. The first-order valence-corrected chi connectivity index (χ1v) is 28.0. The Labute approximate surface area is 386 Å². The monoisotopic (exact) mass is 874 g/mol. The van der Waals surface area contributed by atoms with E-state index in [0.29, 0.717) is 0 Å². The van der Waals surface area contributed by atoms with Crippen molar-refractivity contribution in [1.29, 1.82) is 0 Å². The standard InChI is InChI=1S/C61H54N2SSi/c1-7-53-59(8-2)65(35-15-16-36-65)60-22-14-11-19-56(60)62(53)45-29-33-48-44(39-45)28-27-43-37-41(25-31-47(43)48)23-24-42-26-32-49-50-34-30-46(40-52(50)61(3,4)51(49)38-42)63-54-17-9-12-20-57(54)64(5,6)58-21-13-10-18-55(58)63/h7-14,17-34,37-40H,1-2,15-16,35-36H2,3-6H3. The maximum Gasteiger partial charge on any atom is 0.123 e. The lowest BCUT2D eigenvalue weighted by molar-refractivity contribution is 0.660. The zero-order valence-corrected chi connectivity index (χ0v) is 39.7. The van der Waals surface area contributed by atoms with Gasteiger partial charge < -0.3 is 9.80 Å². The second kappa shape index (κ2) is 14.7. The maximum absolute atomic E-state index is 4.38. The van der Waals surface area contributed by atoms with Crippen LogP contribution >= 0.6 is 10.0 Å². The van der Waals surface area contributed by atoms with E-state index in [2.05, 4.69) is 231 Å². The van der Waals surface area contributed by atoms with Crippen LogP contribution in [-0.2, 0) is 5.41 Å². The van der Waals surface area contributed by atoms with Crippen LogP contribution in [-0.4, -0.2) is 20.6 Å². The van der Waals surface area contributed by atoms with E-state index >= 15 is 0 Å². The Morgan fingerprint density at radius 1 is 0.538 bits per heavy atom. The minimum Gasteiger partial charge on any atom is -0.311 e. The lowest BCUT2D eigenvalue weighted by Crippen LogP contribution is -2.53. The third-order valence-corrected chi connectivity index (χ3v) is 23.6. The average Bonchev–Trinajstić information content (AvgIpc) is 3.91. The molecule has 1 saturated heterocycles. The van der Waals surface area contributed by atoms with Gasteiger partial charge in [-0.15, -0.1) is 0 Å². The first-order chi connectivity index (χ1) is 31.6. The predicted molar refractivity (Wildman–Crippen MR) is 285 cm³/mol. The van der Waals surface area contributed by atoms with Crippen LogP contribution in [0, 0.1) is 0 Å². The van der Waals surface area contributed by atoms with E-state index in [-0.39, 0.29) is 5.41 Å². The van der Waals surface area contributed by atoms with E-state index in [4.69, 9.17) is 0 Å². The van der Waals surface area contributed by atoms with Gasteiger partial charge in [0.05, 0.1) is 11.4 Å². The molecular formula is C61H54N2SSi. The molecule has 318 valence electrons. The van der Waals surface area contributed by atoms with Gasteiger partial charge in [0.1, 0.15) is 8.07 Å². The molecule has 0 saturated carbocycles. The van der Waals surface area contributed by atoms with E-state index in [1.807, 2.05) is 0 Å². The van der Waals surface area contributed by atoms with Gasteiger partial charge in [0.2, 0.25) is 0 Å². The smallest absolute Gasteiger partial charge is 0.123 e. The van der Waals surface area contributed by atoms with Crippen LogP contribution in [0.5, 0.6) is 0 Å². The van der Waals surface area contributed by atoms with Crippen LogP contribution < -0.4 is 15.0 Å². The highest BCUT2D eigenvalue weighted by Gasteiger charge is 2.47. The molecule has 3 aliphatic heterocycles. The van der Waals surface area contributed by atoms with Crippen LogP contribution in [0.4, 0.5) is 28.4 Å². The molecule has 0 N–H and O–H groups in total. The molecule has 0 radical (unpaired) electrons. The second-order valence-electron chi connectivity index (χ2n) is 19.4. The molecule has 4 aliphatic rings. The first-order valence-electron chi connectivity index (χ1n) is 23.2. The molecule has 12 rings (SSSR count). The zero-order valence-electron chi connectivity index (χ0n) is 37.9. The Morgan fingerprint density at radius 2 is 1.08 bits per heavy atom. The molecule has 8 aromatic rings. The third-order valence-electron chi connectivity index (χ3n) is 15.4. The molecule has 3 heterocycles. The number of nitrogens with zero attached hydrogens (tertiary/aromatic N) is 2. The summed E-state index contributed by atoms with van der Waals surface area (Å²) in [4.78, 5) is 7.81. The molecule has 0 amide bonds. The van der Waals surface area contributed by atoms with Gasteiger partial charge in [-0.1, -0.05) is 155 Å². The number of hydrogen-bond donors (Lipinski definition) is 0. The summed E-state index contributed by atoms with van der Waals surface area (Å²) in [5, 5.41) is 8.02. The summed E-state index contributed by atoms with van der Waals surface area (Å²) < 4.78 is 0. The van der Waals surface area contributed by atoms with Crippen molar-refractivity contribution in [2.24, 2.45) is 0 Å². The SMILES string of the molecule is C=CC1=C(C=C)[Si]2(CCCC2)c2ccccc2N1c1ccc2c(ccc3cc(C=Cc4ccc5c(c4)C(C)(C)c4cc(N6c7ccccc7S(C)(C)c7ccccc76)ccc4-5)ccc32)c1. The third kappa shape index (κ3) is 5.86. The van der Waals surface area contributed by atoms with Gasteiger partial charge in [-0.2, -0.15) is 10.0 Å². The minimum atomic E-state index is -1.86. The highest BCUT2D eigenvalue weighted by Crippen LogP contribution is 2.67. The number of para-hydroxylation sites is 3. The topological polar surface area (TPSA) is 6.48 Å². The van der Waals surface area contributed by atoms with Crippen molar-refractivity contribution < 1.29 is 0 Å². The summed E-state index contributed by atoms with van der Waals surface area (Å²) in [5.74, 6) is 0. The molecule has 0 unspecified atom stereocenters. The zero-order chi connectivity index (χ0) is 44.2. The lowest BCUT2D eigenvalue weighted by Gasteiger charge is -2.45. The van der Waals surface area contributed by atoms with Gasteiger partial charge >= 0.3 is 0 Å². The molecule has 4 heteroatoms. The molecular weight excluding hydrogens is 821 g/mol. The Bertz CT molecular complexity index is 3350. The summed E-state index contributed by atoms with van der Waals surface area (Å²) >= 11 is 0. The van der Waals surface area contributed by atoms with Gasteiger partial charge in [-0.3, -0.25) is 0 Å². The van der Waals surface area contributed by atoms with Crippen molar-refractivity contribution in [3.63, 3.8) is 0 Å². The summed E-state index contributed by atoms with van der Waals surface area (Å²) in [5.41, 5.74) is 15.2.